The molecule has 3 rings (SSSR count). The molecule has 3 aliphatic rings. The van der Waals surface area contributed by atoms with E-state index in [1.165, 1.54) is 51.6 Å². The quantitative estimate of drug-likeness (QED) is 0.811. The molecule has 1 aliphatic heterocycles. The van der Waals surface area contributed by atoms with Crippen molar-refractivity contribution in [2.45, 2.75) is 83.5 Å². The van der Waals surface area contributed by atoms with Gasteiger partial charge in [0.15, 0.2) is 0 Å². The molecule has 0 aromatic rings. The highest BCUT2D eigenvalue weighted by atomic mass is 19.1. The Morgan fingerprint density at radius 3 is 1.82 bits per heavy atom. The molecule has 0 aromatic carbocycles. The lowest BCUT2D eigenvalue weighted by molar-refractivity contribution is 0.105. The average molecular weight is 311 g/mol. The molecule has 0 amide bonds. The lowest BCUT2D eigenvalue weighted by Gasteiger charge is -2.41. The molecule has 2 N–H and O–H groups in total. The van der Waals surface area contributed by atoms with Gasteiger partial charge in [0.1, 0.15) is 6.17 Å². The van der Waals surface area contributed by atoms with Crippen molar-refractivity contribution in [2.75, 3.05) is 13.1 Å². The maximum absolute atomic E-state index is 13.3. The summed E-state index contributed by atoms with van der Waals surface area (Å²) >= 11 is 0. The minimum Gasteiger partial charge on any atom is -0.301 e. The fraction of sp³-hybridized carbons (Fsp3) is 1.00. The van der Waals surface area contributed by atoms with E-state index < -0.39 is 6.17 Å². The van der Waals surface area contributed by atoms with Crippen molar-refractivity contribution in [3.05, 3.63) is 0 Å². The van der Waals surface area contributed by atoms with Gasteiger partial charge in [0.25, 0.3) is 0 Å². The Balaban J connectivity index is 1.39. The third kappa shape index (κ3) is 4.23. The molecule has 3 fully saturated rings. The van der Waals surface area contributed by atoms with Crippen LogP contribution in [0.25, 0.3) is 0 Å². The first-order valence-electron chi connectivity index (χ1n) is 9.87. The Bertz CT molecular complexity index is 311. The predicted molar refractivity (Wildman–Crippen MR) is 90.5 cm³/mol. The normalized spacial score (nSPS) is 43.9. The summed E-state index contributed by atoms with van der Waals surface area (Å²) in [5.41, 5.74) is 0. The van der Waals surface area contributed by atoms with Crippen LogP contribution in [0.15, 0.2) is 0 Å². The van der Waals surface area contributed by atoms with E-state index >= 15 is 0 Å². The van der Waals surface area contributed by atoms with Gasteiger partial charge in [-0.15, -0.1) is 0 Å². The number of rotatable bonds is 4. The molecule has 2 aliphatic carbocycles. The molecular weight excluding hydrogens is 275 g/mol. The van der Waals surface area contributed by atoms with Gasteiger partial charge >= 0.3 is 0 Å². The van der Waals surface area contributed by atoms with Gasteiger partial charge in [0.2, 0.25) is 0 Å². The standard InChI is InChI=1S/C19H35FN2/c1-2-3-14-12-21-19(22-13-14)17-6-4-15(5-7-17)16-8-10-18(20)11-9-16/h14-19,21-22H,2-13H2,1H3. The highest BCUT2D eigenvalue weighted by Gasteiger charge is 2.34. The van der Waals surface area contributed by atoms with Gasteiger partial charge in [-0.25, -0.2) is 4.39 Å². The van der Waals surface area contributed by atoms with Crippen LogP contribution >= 0.6 is 0 Å². The van der Waals surface area contributed by atoms with E-state index in [-0.39, 0.29) is 0 Å². The van der Waals surface area contributed by atoms with Crippen molar-refractivity contribution < 1.29 is 4.39 Å². The zero-order valence-electron chi connectivity index (χ0n) is 14.3. The second-order valence-corrected chi connectivity index (χ2v) is 8.14. The Labute approximate surface area is 136 Å². The van der Waals surface area contributed by atoms with E-state index in [4.69, 9.17) is 0 Å². The van der Waals surface area contributed by atoms with Gasteiger partial charge in [-0.3, -0.25) is 0 Å². The third-order valence-electron chi connectivity index (χ3n) is 6.61. The molecule has 0 radical (unpaired) electrons. The minimum atomic E-state index is -0.501. The smallest absolute Gasteiger partial charge is 0.100 e. The van der Waals surface area contributed by atoms with Crippen molar-refractivity contribution in [1.29, 1.82) is 0 Å². The molecule has 0 aromatic heterocycles. The lowest BCUT2D eigenvalue weighted by atomic mass is 9.70. The molecule has 0 spiro atoms. The van der Waals surface area contributed by atoms with Gasteiger partial charge in [0, 0.05) is 13.1 Å². The first-order chi connectivity index (χ1) is 10.8. The van der Waals surface area contributed by atoms with Crippen molar-refractivity contribution in [2.24, 2.45) is 23.7 Å². The second kappa shape index (κ2) is 8.10. The van der Waals surface area contributed by atoms with Crippen LogP contribution in [0, 0.1) is 23.7 Å². The van der Waals surface area contributed by atoms with Crippen molar-refractivity contribution in [3.63, 3.8) is 0 Å². The minimum absolute atomic E-state index is 0.501. The van der Waals surface area contributed by atoms with E-state index in [0.29, 0.717) is 6.17 Å². The number of alkyl halides is 1. The summed E-state index contributed by atoms with van der Waals surface area (Å²) < 4.78 is 13.3. The molecule has 0 unspecified atom stereocenters. The summed E-state index contributed by atoms with van der Waals surface area (Å²) in [4.78, 5) is 0. The average Bonchev–Trinajstić information content (AvgIpc) is 2.57. The van der Waals surface area contributed by atoms with Crippen molar-refractivity contribution >= 4 is 0 Å². The molecule has 1 heterocycles. The highest BCUT2D eigenvalue weighted by molar-refractivity contribution is 4.87. The molecule has 22 heavy (non-hydrogen) atoms. The van der Waals surface area contributed by atoms with Crippen molar-refractivity contribution in [3.8, 4) is 0 Å². The molecule has 2 saturated carbocycles. The lowest BCUT2D eigenvalue weighted by Crippen LogP contribution is -2.56. The second-order valence-electron chi connectivity index (χ2n) is 8.14. The van der Waals surface area contributed by atoms with Crippen LogP contribution in [0.5, 0.6) is 0 Å². The maximum atomic E-state index is 13.3. The van der Waals surface area contributed by atoms with Crippen LogP contribution < -0.4 is 10.6 Å². The van der Waals surface area contributed by atoms with Gasteiger partial charge in [0.05, 0.1) is 6.17 Å². The highest BCUT2D eigenvalue weighted by Crippen LogP contribution is 2.41. The van der Waals surface area contributed by atoms with Crippen LogP contribution in [0.1, 0.15) is 71.1 Å². The Morgan fingerprint density at radius 1 is 0.773 bits per heavy atom. The monoisotopic (exact) mass is 310 g/mol. The molecule has 128 valence electrons. The first-order valence-corrected chi connectivity index (χ1v) is 9.87. The molecule has 0 atom stereocenters. The largest absolute Gasteiger partial charge is 0.301 e. The molecule has 1 saturated heterocycles. The summed E-state index contributed by atoms with van der Waals surface area (Å²) in [5.74, 6) is 3.36. The topological polar surface area (TPSA) is 24.1 Å². The van der Waals surface area contributed by atoms with Gasteiger partial charge in [-0.2, -0.15) is 0 Å². The van der Waals surface area contributed by atoms with Crippen LogP contribution in [0.4, 0.5) is 4.39 Å². The SMILES string of the molecule is CCCC1CNC(C2CCC(C3CCC(F)CC3)CC2)NC1. The molecule has 2 nitrogen and oxygen atoms in total. The van der Waals surface area contributed by atoms with E-state index in [0.717, 1.165) is 49.4 Å². The van der Waals surface area contributed by atoms with E-state index in [1.807, 2.05) is 0 Å². The van der Waals surface area contributed by atoms with E-state index in [2.05, 4.69) is 17.6 Å². The van der Waals surface area contributed by atoms with Crippen molar-refractivity contribution in [1.82, 2.24) is 10.6 Å². The number of hydrogen-bond acceptors (Lipinski definition) is 2. The van der Waals surface area contributed by atoms with E-state index in [1.54, 1.807) is 0 Å². The van der Waals surface area contributed by atoms with Gasteiger partial charge in [-0.1, -0.05) is 13.3 Å². The number of hydrogen-bond donors (Lipinski definition) is 2. The summed E-state index contributed by atoms with van der Waals surface area (Å²) in [6, 6.07) is 0. The fourth-order valence-corrected chi connectivity index (χ4v) is 5.18. The molecular formula is C19H35FN2. The summed E-state index contributed by atoms with van der Waals surface area (Å²) in [7, 11) is 0. The van der Waals surface area contributed by atoms with Crippen LogP contribution in [0.3, 0.4) is 0 Å². The zero-order chi connectivity index (χ0) is 15.4. The van der Waals surface area contributed by atoms with Crippen LogP contribution in [0.2, 0.25) is 0 Å². The number of halogens is 1. The Kier molecular flexibility index (Phi) is 6.15. The van der Waals surface area contributed by atoms with Gasteiger partial charge in [-0.05, 0) is 81.5 Å². The summed E-state index contributed by atoms with van der Waals surface area (Å²) in [6.07, 6.45) is 12.1. The Hall–Kier alpha value is -0.150. The first kappa shape index (κ1) is 16.7. The number of nitrogens with one attached hydrogen (secondary N) is 2. The maximum Gasteiger partial charge on any atom is 0.100 e. The van der Waals surface area contributed by atoms with Crippen LogP contribution in [-0.4, -0.2) is 25.4 Å². The molecule has 0 bridgehead atoms. The Morgan fingerprint density at radius 2 is 1.27 bits per heavy atom. The van der Waals surface area contributed by atoms with Crippen LogP contribution in [-0.2, 0) is 0 Å². The fourth-order valence-electron chi connectivity index (χ4n) is 5.18. The summed E-state index contributed by atoms with van der Waals surface area (Å²) in [5, 5.41) is 7.53. The van der Waals surface area contributed by atoms with Gasteiger partial charge < -0.3 is 10.6 Å². The van der Waals surface area contributed by atoms with E-state index in [9.17, 15) is 4.39 Å². The summed E-state index contributed by atoms with van der Waals surface area (Å²) in [6.45, 7) is 4.68. The zero-order valence-corrected chi connectivity index (χ0v) is 14.3. The third-order valence-corrected chi connectivity index (χ3v) is 6.61. The predicted octanol–water partition coefficient (Wildman–Crippen LogP) is 4.26. The molecule has 3 heteroatoms.